The van der Waals surface area contributed by atoms with Gasteiger partial charge < -0.3 is 9.84 Å². The molecule has 1 unspecified atom stereocenters. The summed E-state index contributed by atoms with van der Waals surface area (Å²) in [5, 5.41) is 7.42. The Kier molecular flexibility index (Phi) is 3.52. The highest BCUT2D eigenvalue weighted by Gasteiger charge is 2.28. The molecule has 0 radical (unpaired) electrons. The Bertz CT molecular complexity index is 363. The van der Waals surface area contributed by atoms with Crippen molar-refractivity contribution in [3.63, 3.8) is 0 Å². The molecule has 1 aliphatic rings. The van der Waals surface area contributed by atoms with Crippen LogP contribution in [-0.2, 0) is 6.42 Å². The smallest absolute Gasteiger partial charge is 0.228 e. The molecule has 4 heteroatoms. The van der Waals surface area contributed by atoms with Crippen LogP contribution in [0.5, 0.6) is 0 Å². The number of nitrogens with one attached hydrogen (secondary N) is 1. The molecule has 96 valence electrons. The van der Waals surface area contributed by atoms with Gasteiger partial charge in [0.15, 0.2) is 5.82 Å². The number of likely N-dealkylation sites (N-methyl/N-ethyl adjacent to an activating group) is 1. The molecule has 1 fully saturated rings. The van der Waals surface area contributed by atoms with Crippen molar-refractivity contribution in [3.05, 3.63) is 11.7 Å². The summed E-state index contributed by atoms with van der Waals surface area (Å²) in [5.74, 6) is 2.23. The topological polar surface area (TPSA) is 51.0 Å². The summed E-state index contributed by atoms with van der Waals surface area (Å²) in [6.07, 6.45) is 4.54. The third-order valence-electron chi connectivity index (χ3n) is 3.73. The van der Waals surface area contributed by atoms with Gasteiger partial charge in [-0.05, 0) is 25.3 Å². The molecular formula is C13H23N3O. The van der Waals surface area contributed by atoms with Gasteiger partial charge in [-0.1, -0.05) is 32.3 Å². The minimum atomic E-state index is 0.194. The fourth-order valence-corrected chi connectivity index (χ4v) is 2.20. The summed E-state index contributed by atoms with van der Waals surface area (Å²) in [6.45, 7) is 6.66. The van der Waals surface area contributed by atoms with E-state index in [0.29, 0.717) is 12.0 Å². The zero-order valence-corrected chi connectivity index (χ0v) is 11.3. The predicted octanol–water partition coefficient (Wildman–Crippen LogP) is 2.51. The second-order valence-electron chi connectivity index (χ2n) is 6.09. The zero-order valence-electron chi connectivity index (χ0n) is 11.3. The molecule has 0 bridgehead atoms. The molecule has 4 nitrogen and oxygen atoms in total. The van der Waals surface area contributed by atoms with Crippen molar-refractivity contribution in [2.24, 2.45) is 5.41 Å². The molecule has 1 atom stereocenters. The van der Waals surface area contributed by atoms with Crippen LogP contribution in [0.3, 0.4) is 0 Å². The molecule has 17 heavy (non-hydrogen) atoms. The molecule has 0 aromatic carbocycles. The average molecular weight is 237 g/mol. The normalized spacial score (nSPS) is 19.1. The van der Waals surface area contributed by atoms with Crippen molar-refractivity contribution < 1.29 is 4.52 Å². The zero-order chi connectivity index (χ0) is 12.5. The van der Waals surface area contributed by atoms with E-state index in [9.17, 15) is 0 Å². The summed E-state index contributed by atoms with van der Waals surface area (Å²) in [7, 11) is 1.99. The highest BCUT2D eigenvalue weighted by molar-refractivity contribution is 5.01. The molecule has 1 aliphatic carbocycles. The molecule has 0 spiro atoms. The van der Waals surface area contributed by atoms with Crippen LogP contribution in [0.2, 0.25) is 0 Å². The lowest BCUT2D eigenvalue weighted by Gasteiger charge is -2.29. The summed E-state index contributed by atoms with van der Waals surface area (Å²) in [4.78, 5) is 4.52. The van der Waals surface area contributed by atoms with E-state index >= 15 is 0 Å². The van der Waals surface area contributed by atoms with Gasteiger partial charge in [0.2, 0.25) is 5.89 Å². The molecule has 1 aromatic heterocycles. The quantitative estimate of drug-likeness (QED) is 0.874. The van der Waals surface area contributed by atoms with Crippen molar-refractivity contribution in [3.8, 4) is 0 Å². The van der Waals surface area contributed by atoms with E-state index in [1.807, 2.05) is 7.05 Å². The van der Waals surface area contributed by atoms with Crippen LogP contribution in [0.25, 0.3) is 0 Å². The number of aromatic nitrogens is 2. The Labute approximate surface area is 103 Å². The van der Waals surface area contributed by atoms with Gasteiger partial charge in [0, 0.05) is 18.4 Å². The number of hydrogen-bond acceptors (Lipinski definition) is 4. The summed E-state index contributed by atoms with van der Waals surface area (Å²) >= 11 is 0. The van der Waals surface area contributed by atoms with Gasteiger partial charge in [-0.15, -0.1) is 0 Å². The molecular weight excluding hydrogens is 214 g/mol. The summed E-state index contributed by atoms with van der Waals surface area (Å²) in [5.41, 5.74) is 0.194. The lowest BCUT2D eigenvalue weighted by Crippen LogP contribution is -2.39. The van der Waals surface area contributed by atoms with Crippen LogP contribution in [0, 0.1) is 5.41 Å². The summed E-state index contributed by atoms with van der Waals surface area (Å²) < 4.78 is 5.35. The fraction of sp³-hybridized carbons (Fsp3) is 0.846. The lowest BCUT2D eigenvalue weighted by molar-refractivity contribution is 0.254. The second-order valence-corrected chi connectivity index (χ2v) is 6.09. The highest BCUT2D eigenvalue weighted by atomic mass is 16.5. The number of rotatable bonds is 4. The standard InChI is InChI=1S/C13H23N3O/c1-13(2,3)10(14-4)8-11-15-12(16-17-11)9-6-5-7-9/h9-10,14H,5-8H2,1-4H3. The molecule has 1 saturated carbocycles. The van der Waals surface area contributed by atoms with Crippen LogP contribution in [0.15, 0.2) is 4.52 Å². The van der Waals surface area contributed by atoms with Gasteiger partial charge in [0.1, 0.15) is 0 Å². The third kappa shape index (κ3) is 2.86. The van der Waals surface area contributed by atoms with E-state index < -0.39 is 0 Å². The van der Waals surface area contributed by atoms with Gasteiger partial charge >= 0.3 is 0 Å². The molecule has 0 saturated heterocycles. The maximum atomic E-state index is 5.35. The first kappa shape index (κ1) is 12.6. The van der Waals surface area contributed by atoms with E-state index in [1.54, 1.807) is 0 Å². The van der Waals surface area contributed by atoms with E-state index in [2.05, 4.69) is 36.2 Å². The van der Waals surface area contributed by atoms with E-state index in [1.165, 1.54) is 19.3 Å². The van der Waals surface area contributed by atoms with Gasteiger partial charge in [-0.2, -0.15) is 4.98 Å². The Morgan fingerprint density at radius 1 is 1.41 bits per heavy atom. The van der Waals surface area contributed by atoms with E-state index in [-0.39, 0.29) is 5.41 Å². The maximum Gasteiger partial charge on any atom is 0.228 e. The fourth-order valence-electron chi connectivity index (χ4n) is 2.20. The van der Waals surface area contributed by atoms with E-state index in [0.717, 1.165) is 18.1 Å². The molecule has 1 aromatic rings. The molecule has 0 aliphatic heterocycles. The molecule has 2 rings (SSSR count). The van der Waals surface area contributed by atoms with Crippen molar-refractivity contribution in [2.45, 2.75) is 58.4 Å². The molecule has 1 N–H and O–H groups in total. The van der Waals surface area contributed by atoms with Crippen LogP contribution in [-0.4, -0.2) is 23.2 Å². The highest BCUT2D eigenvalue weighted by Crippen LogP contribution is 2.34. The first-order valence-electron chi connectivity index (χ1n) is 6.50. The lowest BCUT2D eigenvalue weighted by atomic mass is 9.84. The Morgan fingerprint density at radius 2 is 2.12 bits per heavy atom. The minimum absolute atomic E-state index is 0.194. The van der Waals surface area contributed by atoms with Crippen molar-refractivity contribution >= 4 is 0 Å². The van der Waals surface area contributed by atoms with Crippen LogP contribution in [0.1, 0.15) is 57.7 Å². The Hall–Kier alpha value is -0.900. The van der Waals surface area contributed by atoms with Crippen molar-refractivity contribution in [1.82, 2.24) is 15.5 Å². The van der Waals surface area contributed by atoms with Gasteiger partial charge in [0.25, 0.3) is 0 Å². The summed E-state index contributed by atoms with van der Waals surface area (Å²) in [6, 6.07) is 0.359. The third-order valence-corrected chi connectivity index (χ3v) is 3.73. The number of hydrogen-bond donors (Lipinski definition) is 1. The van der Waals surface area contributed by atoms with Gasteiger partial charge in [-0.3, -0.25) is 0 Å². The molecule has 1 heterocycles. The van der Waals surface area contributed by atoms with Crippen LogP contribution in [0.4, 0.5) is 0 Å². The average Bonchev–Trinajstić information content (AvgIpc) is 2.58. The van der Waals surface area contributed by atoms with Gasteiger partial charge in [-0.25, -0.2) is 0 Å². The van der Waals surface area contributed by atoms with Crippen LogP contribution >= 0.6 is 0 Å². The first-order chi connectivity index (χ1) is 8.00. The number of nitrogens with zero attached hydrogens (tertiary/aromatic N) is 2. The van der Waals surface area contributed by atoms with Crippen LogP contribution < -0.4 is 5.32 Å². The van der Waals surface area contributed by atoms with Crippen molar-refractivity contribution in [2.75, 3.05) is 7.05 Å². The minimum Gasteiger partial charge on any atom is -0.339 e. The first-order valence-corrected chi connectivity index (χ1v) is 6.50. The Balaban J connectivity index is 2.00. The second kappa shape index (κ2) is 4.77. The maximum absolute atomic E-state index is 5.35. The molecule has 0 amide bonds. The van der Waals surface area contributed by atoms with Crippen molar-refractivity contribution in [1.29, 1.82) is 0 Å². The predicted molar refractivity (Wildman–Crippen MR) is 66.9 cm³/mol. The Morgan fingerprint density at radius 3 is 2.59 bits per heavy atom. The SMILES string of the molecule is CNC(Cc1nc(C2CCC2)no1)C(C)(C)C. The largest absolute Gasteiger partial charge is 0.339 e. The van der Waals surface area contributed by atoms with Gasteiger partial charge in [0.05, 0.1) is 0 Å². The van der Waals surface area contributed by atoms with E-state index in [4.69, 9.17) is 4.52 Å². The monoisotopic (exact) mass is 237 g/mol.